The van der Waals surface area contributed by atoms with Gasteiger partial charge in [-0.2, -0.15) is 0 Å². The maximum Gasteiger partial charge on any atom is 0.156 e. The lowest BCUT2D eigenvalue weighted by Crippen LogP contribution is -2.02. The van der Waals surface area contributed by atoms with Crippen LogP contribution in [-0.4, -0.2) is 19.5 Å². The summed E-state index contributed by atoms with van der Waals surface area (Å²) in [5, 5.41) is 0. The first-order valence-corrected chi connectivity index (χ1v) is 8.41. The summed E-state index contributed by atoms with van der Waals surface area (Å²) in [6.45, 7) is 10.2. The van der Waals surface area contributed by atoms with E-state index in [1.807, 2.05) is 25.1 Å². The molecule has 0 aliphatic heterocycles. The van der Waals surface area contributed by atoms with Gasteiger partial charge < -0.3 is 4.12 Å². The summed E-state index contributed by atoms with van der Waals surface area (Å²) in [5.41, 5.74) is 2.34. The number of benzene rings is 1. The Balaban J connectivity index is 0.000000292. The van der Waals surface area contributed by atoms with E-state index in [2.05, 4.69) is 31.8 Å². The molecule has 1 rings (SSSR count). The Morgan fingerprint density at radius 3 is 1.93 bits per heavy atom. The minimum absolute atomic E-state index is 0.588. The van der Waals surface area contributed by atoms with Crippen LogP contribution in [0.15, 0.2) is 36.9 Å². The van der Waals surface area contributed by atoms with Crippen molar-refractivity contribution in [1.82, 2.24) is 0 Å². The van der Waals surface area contributed by atoms with E-state index in [9.17, 15) is 0 Å². The monoisotopic (exact) mass is 224 g/mol. The molecule has 0 aliphatic rings. The average molecular weight is 224 g/mol. The fourth-order valence-electron chi connectivity index (χ4n) is 0.723. The predicted molar refractivity (Wildman–Crippen MR) is 71.1 cm³/mol. The van der Waals surface area contributed by atoms with Crippen LogP contribution in [0.1, 0.15) is 12.5 Å². The molecular weight excluding hydrogens is 204 g/mol. The Labute approximate surface area is 92.1 Å². The van der Waals surface area contributed by atoms with Gasteiger partial charge in [0.15, 0.2) is 9.04 Å². The number of rotatable bonds is 2. The van der Waals surface area contributed by atoms with E-state index < -0.39 is 9.04 Å². The van der Waals surface area contributed by atoms with Crippen molar-refractivity contribution in [2.24, 2.45) is 0 Å². The third kappa shape index (κ3) is 6.83. The SMILES string of the molecule is C=C(C)c1ccccc1.C[SiH](C)O[SiH3]. The maximum absolute atomic E-state index is 5.03. The zero-order valence-electron chi connectivity index (χ0n) is 9.58. The largest absolute Gasteiger partial charge is 0.466 e. The van der Waals surface area contributed by atoms with Crippen molar-refractivity contribution in [3.8, 4) is 0 Å². The topological polar surface area (TPSA) is 9.23 Å². The van der Waals surface area contributed by atoms with E-state index in [-0.39, 0.29) is 0 Å². The zero-order valence-corrected chi connectivity index (χ0v) is 12.7. The van der Waals surface area contributed by atoms with Crippen LogP contribution in [0.4, 0.5) is 0 Å². The molecule has 0 spiro atoms. The Hall–Kier alpha value is -0.646. The third-order valence-electron chi connectivity index (χ3n) is 1.74. The molecule has 0 heterocycles. The number of hydrogen-bond acceptors (Lipinski definition) is 1. The highest BCUT2D eigenvalue weighted by Gasteiger charge is 1.86. The normalized spacial score (nSPS) is 9.43. The molecule has 0 N–H and O–H groups in total. The molecule has 78 valence electrons. The van der Waals surface area contributed by atoms with Crippen LogP contribution in [-0.2, 0) is 4.12 Å². The van der Waals surface area contributed by atoms with Crippen LogP contribution in [0, 0.1) is 0 Å². The fourth-order valence-corrected chi connectivity index (χ4v) is 0.723. The van der Waals surface area contributed by atoms with Gasteiger partial charge in [0.25, 0.3) is 0 Å². The van der Waals surface area contributed by atoms with Crippen LogP contribution >= 0.6 is 0 Å². The average Bonchev–Trinajstić information content (AvgIpc) is 2.20. The molecule has 0 aliphatic carbocycles. The van der Waals surface area contributed by atoms with E-state index in [1.165, 1.54) is 5.56 Å². The van der Waals surface area contributed by atoms with Crippen LogP contribution in [0.3, 0.4) is 0 Å². The molecular formula is C11H20OSi2. The Morgan fingerprint density at radius 1 is 1.29 bits per heavy atom. The molecule has 0 unspecified atom stereocenters. The van der Waals surface area contributed by atoms with Crippen molar-refractivity contribution < 1.29 is 4.12 Å². The van der Waals surface area contributed by atoms with Crippen LogP contribution in [0.2, 0.25) is 13.1 Å². The second-order valence-electron chi connectivity index (χ2n) is 3.43. The van der Waals surface area contributed by atoms with E-state index in [0.29, 0.717) is 0 Å². The van der Waals surface area contributed by atoms with Crippen molar-refractivity contribution in [2.75, 3.05) is 0 Å². The molecule has 1 nitrogen and oxygen atoms in total. The molecule has 14 heavy (non-hydrogen) atoms. The van der Waals surface area contributed by atoms with Gasteiger partial charge in [-0.15, -0.1) is 0 Å². The highest BCUT2D eigenvalue weighted by Crippen LogP contribution is 2.08. The molecule has 0 radical (unpaired) electrons. The summed E-state index contributed by atoms with van der Waals surface area (Å²) in [7, 11) is 0.347. The summed E-state index contributed by atoms with van der Waals surface area (Å²) >= 11 is 0. The molecule has 0 aromatic heterocycles. The van der Waals surface area contributed by atoms with E-state index in [0.717, 1.165) is 16.1 Å². The summed E-state index contributed by atoms with van der Waals surface area (Å²) in [5.74, 6) is 0. The molecule has 0 bridgehead atoms. The Morgan fingerprint density at radius 2 is 1.71 bits per heavy atom. The lowest BCUT2D eigenvalue weighted by Gasteiger charge is -1.94. The molecule has 0 fully saturated rings. The van der Waals surface area contributed by atoms with Gasteiger partial charge in [-0.3, -0.25) is 0 Å². The quantitative estimate of drug-likeness (QED) is 0.698. The van der Waals surface area contributed by atoms with Crippen molar-refractivity contribution in [1.29, 1.82) is 0 Å². The van der Waals surface area contributed by atoms with E-state index in [4.69, 9.17) is 4.12 Å². The Kier molecular flexibility index (Phi) is 7.37. The first-order chi connectivity index (χ1) is 6.57. The van der Waals surface area contributed by atoms with Crippen molar-refractivity contribution >= 4 is 25.1 Å². The summed E-state index contributed by atoms with van der Waals surface area (Å²) in [6, 6.07) is 10.2. The third-order valence-corrected chi connectivity index (χ3v) is 5.51. The molecule has 0 saturated carbocycles. The first kappa shape index (κ1) is 13.4. The van der Waals surface area contributed by atoms with Crippen molar-refractivity contribution in [2.45, 2.75) is 20.0 Å². The molecule has 3 heteroatoms. The Bertz CT molecular complexity index is 257. The first-order valence-electron chi connectivity index (χ1n) is 4.81. The molecule has 0 saturated heterocycles. The van der Waals surface area contributed by atoms with Crippen LogP contribution in [0.25, 0.3) is 5.57 Å². The highest BCUT2D eigenvalue weighted by molar-refractivity contribution is 6.52. The van der Waals surface area contributed by atoms with E-state index in [1.54, 1.807) is 0 Å². The predicted octanol–water partition coefficient (Wildman–Crippen LogP) is 1.99. The summed E-state index contributed by atoms with van der Waals surface area (Å²) in [6.07, 6.45) is 0. The summed E-state index contributed by atoms with van der Waals surface area (Å²) < 4.78 is 5.03. The lowest BCUT2D eigenvalue weighted by atomic mass is 10.1. The van der Waals surface area contributed by atoms with Gasteiger partial charge in [0.05, 0.1) is 0 Å². The lowest BCUT2D eigenvalue weighted by molar-refractivity contribution is 0.647. The minimum Gasteiger partial charge on any atom is -0.466 e. The smallest absolute Gasteiger partial charge is 0.156 e. The minimum atomic E-state index is -0.588. The van der Waals surface area contributed by atoms with Crippen molar-refractivity contribution in [3.05, 3.63) is 42.5 Å². The van der Waals surface area contributed by atoms with Gasteiger partial charge in [0.2, 0.25) is 0 Å². The molecule has 1 aromatic rings. The fraction of sp³-hybridized carbons (Fsp3) is 0.273. The highest BCUT2D eigenvalue weighted by atomic mass is 28.3. The maximum atomic E-state index is 5.03. The molecule has 0 atom stereocenters. The second-order valence-corrected chi connectivity index (χ2v) is 7.41. The molecule has 0 amide bonds. The van der Waals surface area contributed by atoms with Gasteiger partial charge >= 0.3 is 0 Å². The van der Waals surface area contributed by atoms with Crippen LogP contribution in [0.5, 0.6) is 0 Å². The number of hydrogen-bond donors (Lipinski definition) is 0. The van der Waals surface area contributed by atoms with E-state index >= 15 is 0 Å². The second kappa shape index (κ2) is 7.73. The van der Waals surface area contributed by atoms with Gasteiger partial charge in [-0.1, -0.05) is 42.5 Å². The zero-order chi connectivity index (χ0) is 11.0. The molecule has 1 aromatic carbocycles. The van der Waals surface area contributed by atoms with Gasteiger partial charge in [0.1, 0.15) is 10.5 Å². The van der Waals surface area contributed by atoms with Gasteiger partial charge in [-0.05, 0) is 25.6 Å². The summed E-state index contributed by atoms with van der Waals surface area (Å²) in [4.78, 5) is 0. The van der Waals surface area contributed by atoms with Crippen LogP contribution < -0.4 is 0 Å². The van der Waals surface area contributed by atoms with Crippen molar-refractivity contribution in [3.63, 3.8) is 0 Å². The van der Waals surface area contributed by atoms with Gasteiger partial charge in [0, 0.05) is 0 Å². The van der Waals surface area contributed by atoms with Gasteiger partial charge in [-0.25, -0.2) is 0 Å². The standard InChI is InChI=1S/C9H10.C2H10OSi2/c1-8(2)9-6-4-3-5-7-9;1-5(2)3-4/h3-7H,1H2,2H3;5H,1-2,4H3. The number of allylic oxidation sites excluding steroid dienone is 1.